The molecule has 1 amide bonds. The Kier molecular flexibility index (Phi) is 4.20. The number of carbonyl (C=O) groups is 1. The summed E-state index contributed by atoms with van der Waals surface area (Å²) in [7, 11) is 0. The van der Waals surface area contributed by atoms with E-state index in [4.69, 9.17) is 4.52 Å². The van der Waals surface area contributed by atoms with Gasteiger partial charge in [-0.1, -0.05) is 11.2 Å². The van der Waals surface area contributed by atoms with Crippen LogP contribution in [0.2, 0.25) is 0 Å². The topological polar surface area (TPSA) is 59.2 Å². The third-order valence-electron chi connectivity index (χ3n) is 4.21. The third kappa shape index (κ3) is 2.89. The molecule has 0 saturated carbocycles. The van der Waals surface area contributed by atoms with Gasteiger partial charge in [-0.25, -0.2) is 4.98 Å². The van der Waals surface area contributed by atoms with Crippen molar-refractivity contribution in [3.8, 4) is 9.88 Å². The molecule has 0 unspecified atom stereocenters. The largest absolute Gasteiger partial charge is 0.361 e. The number of amides is 1. The van der Waals surface area contributed by atoms with Crippen LogP contribution in [-0.2, 0) is 0 Å². The predicted octanol–water partition coefficient (Wildman–Crippen LogP) is 4.54. The van der Waals surface area contributed by atoms with Gasteiger partial charge in [0.15, 0.2) is 0 Å². The summed E-state index contributed by atoms with van der Waals surface area (Å²) >= 11 is 3.16. The van der Waals surface area contributed by atoms with Gasteiger partial charge >= 0.3 is 0 Å². The number of thiazole rings is 1. The van der Waals surface area contributed by atoms with Crippen molar-refractivity contribution in [2.24, 2.45) is 0 Å². The molecule has 0 radical (unpaired) electrons. The number of piperidine rings is 1. The molecule has 0 aliphatic carbocycles. The maximum absolute atomic E-state index is 13.0. The molecule has 1 atom stereocenters. The second kappa shape index (κ2) is 6.49. The highest BCUT2D eigenvalue weighted by atomic mass is 32.1. The van der Waals surface area contributed by atoms with E-state index in [1.54, 1.807) is 11.3 Å². The van der Waals surface area contributed by atoms with Crippen molar-refractivity contribution < 1.29 is 9.32 Å². The molecule has 1 aliphatic rings. The number of rotatable bonds is 3. The minimum Gasteiger partial charge on any atom is -0.361 e. The Balaban J connectivity index is 1.60. The summed E-state index contributed by atoms with van der Waals surface area (Å²) in [4.78, 5) is 20.5. The van der Waals surface area contributed by atoms with E-state index in [0.29, 0.717) is 5.69 Å². The highest BCUT2D eigenvalue weighted by Gasteiger charge is 2.31. The lowest BCUT2D eigenvalue weighted by Crippen LogP contribution is -2.38. The molecule has 1 aliphatic heterocycles. The molecule has 5 nitrogen and oxygen atoms in total. The van der Waals surface area contributed by atoms with Crippen molar-refractivity contribution in [2.75, 3.05) is 6.54 Å². The first kappa shape index (κ1) is 15.5. The van der Waals surface area contributed by atoms with Crippen LogP contribution < -0.4 is 0 Å². The molecule has 0 bridgehead atoms. The number of aromatic nitrogens is 2. The van der Waals surface area contributed by atoms with E-state index in [9.17, 15) is 4.79 Å². The van der Waals surface area contributed by atoms with E-state index in [0.717, 1.165) is 47.1 Å². The second-order valence-electron chi connectivity index (χ2n) is 5.89. The highest BCUT2D eigenvalue weighted by Crippen LogP contribution is 2.33. The molecule has 4 heterocycles. The van der Waals surface area contributed by atoms with Crippen LogP contribution in [0.25, 0.3) is 9.88 Å². The minimum absolute atomic E-state index is 0.0144. The highest BCUT2D eigenvalue weighted by molar-refractivity contribution is 7.20. The smallest absolute Gasteiger partial charge is 0.273 e. The fraction of sp³-hybridized carbons (Fsp3) is 0.353. The van der Waals surface area contributed by atoms with E-state index in [1.165, 1.54) is 11.3 Å². The molecule has 3 aromatic heterocycles. The van der Waals surface area contributed by atoms with Crippen LogP contribution in [0.1, 0.15) is 47.2 Å². The number of likely N-dealkylation sites (tertiary alicyclic amines) is 1. The summed E-state index contributed by atoms with van der Waals surface area (Å²) in [5.74, 6) is 0.760. The van der Waals surface area contributed by atoms with Crippen LogP contribution in [0, 0.1) is 6.92 Å². The Labute approximate surface area is 147 Å². The van der Waals surface area contributed by atoms with Crippen LogP contribution in [0.15, 0.2) is 33.5 Å². The summed E-state index contributed by atoms with van der Waals surface area (Å²) in [5.41, 5.74) is 1.37. The van der Waals surface area contributed by atoms with Gasteiger partial charge in [0.25, 0.3) is 5.91 Å². The SMILES string of the molecule is Cc1cc([C@@H]2CCCCN2C(=O)c2csc(-c3cccs3)n2)no1. The summed E-state index contributed by atoms with van der Waals surface area (Å²) in [6.45, 7) is 2.61. The molecule has 0 aromatic carbocycles. The number of nitrogens with zero attached hydrogens (tertiary/aromatic N) is 3. The zero-order valence-electron chi connectivity index (χ0n) is 13.3. The van der Waals surface area contributed by atoms with Crippen molar-refractivity contribution in [3.63, 3.8) is 0 Å². The van der Waals surface area contributed by atoms with Crippen LogP contribution in [0.3, 0.4) is 0 Å². The minimum atomic E-state index is -0.0180. The lowest BCUT2D eigenvalue weighted by molar-refractivity contribution is 0.0596. The Bertz CT molecular complexity index is 838. The summed E-state index contributed by atoms with van der Waals surface area (Å²) in [5, 5.41) is 8.91. The predicted molar refractivity (Wildman–Crippen MR) is 94.3 cm³/mol. The van der Waals surface area contributed by atoms with E-state index >= 15 is 0 Å². The summed E-state index contributed by atoms with van der Waals surface area (Å²) < 4.78 is 5.20. The Morgan fingerprint density at radius 3 is 3.04 bits per heavy atom. The first-order valence-electron chi connectivity index (χ1n) is 7.96. The van der Waals surface area contributed by atoms with E-state index in [1.807, 2.05) is 40.8 Å². The average Bonchev–Trinajstić information content (AvgIpc) is 3.34. The first-order chi connectivity index (χ1) is 11.7. The fourth-order valence-electron chi connectivity index (χ4n) is 3.06. The lowest BCUT2D eigenvalue weighted by Gasteiger charge is -2.34. The van der Waals surface area contributed by atoms with E-state index < -0.39 is 0 Å². The maximum Gasteiger partial charge on any atom is 0.273 e. The Hall–Kier alpha value is -1.99. The summed E-state index contributed by atoms with van der Waals surface area (Å²) in [6, 6.07) is 5.93. The number of hydrogen-bond donors (Lipinski definition) is 0. The molecular weight excluding hydrogens is 342 g/mol. The Morgan fingerprint density at radius 2 is 2.29 bits per heavy atom. The first-order valence-corrected chi connectivity index (χ1v) is 9.72. The molecule has 1 fully saturated rings. The molecule has 24 heavy (non-hydrogen) atoms. The van der Waals surface area contributed by atoms with Crippen molar-refractivity contribution in [1.82, 2.24) is 15.0 Å². The standard InChI is InChI=1S/C17H17N3O2S2/c1-11-9-12(19-22-11)14-5-2-3-7-20(14)17(21)13-10-24-16(18-13)15-6-4-8-23-15/h4,6,8-10,14H,2-3,5,7H2,1H3/t14-/m0/s1. The number of aryl methyl sites for hydroxylation is 1. The van der Waals surface area contributed by atoms with Crippen molar-refractivity contribution in [2.45, 2.75) is 32.2 Å². The molecular formula is C17H17N3O2S2. The second-order valence-corrected chi connectivity index (χ2v) is 7.69. The van der Waals surface area contributed by atoms with Crippen LogP contribution in [0.4, 0.5) is 0 Å². The van der Waals surface area contributed by atoms with Gasteiger partial charge < -0.3 is 9.42 Å². The molecule has 3 aromatic rings. The van der Waals surface area contributed by atoms with E-state index in [2.05, 4.69) is 10.1 Å². The lowest BCUT2D eigenvalue weighted by atomic mass is 9.99. The zero-order valence-corrected chi connectivity index (χ0v) is 14.9. The quantitative estimate of drug-likeness (QED) is 0.689. The van der Waals surface area contributed by atoms with Crippen molar-refractivity contribution in [3.05, 3.63) is 46.1 Å². The molecule has 7 heteroatoms. The van der Waals surface area contributed by atoms with Gasteiger partial charge in [0, 0.05) is 18.0 Å². The van der Waals surface area contributed by atoms with Gasteiger partial charge in [-0.3, -0.25) is 4.79 Å². The van der Waals surface area contributed by atoms with Gasteiger partial charge in [-0.05, 0) is 37.6 Å². The molecule has 124 valence electrons. The Morgan fingerprint density at radius 1 is 1.38 bits per heavy atom. The third-order valence-corrected chi connectivity index (χ3v) is 6.09. The van der Waals surface area contributed by atoms with Crippen molar-refractivity contribution in [1.29, 1.82) is 0 Å². The molecule has 4 rings (SSSR count). The maximum atomic E-state index is 13.0. The molecule has 1 saturated heterocycles. The van der Waals surface area contributed by atoms with Gasteiger partial charge in [0.2, 0.25) is 0 Å². The van der Waals surface area contributed by atoms with Crippen molar-refractivity contribution >= 4 is 28.6 Å². The molecule has 0 N–H and O–H groups in total. The van der Waals surface area contributed by atoms with Gasteiger partial charge in [-0.2, -0.15) is 0 Å². The number of thiophene rings is 1. The zero-order chi connectivity index (χ0) is 16.5. The van der Waals surface area contributed by atoms with Gasteiger partial charge in [0.1, 0.15) is 22.2 Å². The summed E-state index contributed by atoms with van der Waals surface area (Å²) in [6.07, 6.45) is 3.03. The average molecular weight is 359 g/mol. The fourth-order valence-corrected chi connectivity index (χ4v) is 4.67. The van der Waals surface area contributed by atoms with Crippen LogP contribution >= 0.6 is 22.7 Å². The van der Waals surface area contributed by atoms with Crippen LogP contribution in [0.5, 0.6) is 0 Å². The van der Waals surface area contributed by atoms with Crippen LogP contribution in [-0.4, -0.2) is 27.5 Å². The normalized spacial score (nSPS) is 18.0. The number of carbonyl (C=O) groups excluding carboxylic acids is 1. The number of hydrogen-bond acceptors (Lipinski definition) is 6. The van der Waals surface area contributed by atoms with Gasteiger partial charge in [-0.15, -0.1) is 22.7 Å². The molecule has 0 spiro atoms. The van der Waals surface area contributed by atoms with E-state index in [-0.39, 0.29) is 11.9 Å². The van der Waals surface area contributed by atoms with Gasteiger partial charge in [0.05, 0.1) is 10.9 Å². The monoisotopic (exact) mass is 359 g/mol.